The number of fused-ring (bicyclic) bond motifs is 1. The zero-order chi connectivity index (χ0) is 18.0. The standard InChI is InChI=1S/C20H25FN4/c1-13(2)12-25-6-4-17(5-7-25)24-20-15(10-22)11-23-19-14(3)8-16(21)9-18(19)20/h8-9,11,13,17H,4-7,12H2,1-3H3,(H,23,24). The summed E-state index contributed by atoms with van der Waals surface area (Å²) >= 11 is 0. The van der Waals surface area contributed by atoms with Gasteiger partial charge < -0.3 is 10.2 Å². The van der Waals surface area contributed by atoms with Crippen LogP contribution in [0.15, 0.2) is 18.3 Å². The Labute approximate surface area is 148 Å². The molecule has 0 saturated carbocycles. The third-order valence-electron chi connectivity index (χ3n) is 4.81. The number of nitrogens with zero attached hydrogens (tertiary/aromatic N) is 3. The second-order valence-electron chi connectivity index (χ2n) is 7.39. The van der Waals surface area contributed by atoms with Gasteiger partial charge in [-0.15, -0.1) is 0 Å². The molecular weight excluding hydrogens is 315 g/mol. The number of hydrogen-bond acceptors (Lipinski definition) is 4. The monoisotopic (exact) mass is 340 g/mol. The molecule has 1 aromatic heterocycles. The Hall–Kier alpha value is -2.19. The normalized spacial score (nSPS) is 16.3. The first kappa shape index (κ1) is 17.6. The Morgan fingerprint density at radius 1 is 1.36 bits per heavy atom. The molecule has 5 heteroatoms. The maximum atomic E-state index is 13.9. The topological polar surface area (TPSA) is 52.0 Å². The van der Waals surface area contributed by atoms with Crippen molar-refractivity contribution in [1.82, 2.24) is 9.88 Å². The number of hydrogen-bond donors (Lipinski definition) is 1. The number of benzene rings is 1. The average Bonchev–Trinajstić information content (AvgIpc) is 2.56. The first-order valence-corrected chi connectivity index (χ1v) is 8.95. The molecule has 0 unspecified atom stereocenters. The predicted octanol–water partition coefficient (Wildman–Crippen LogP) is 4.09. The summed E-state index contributed by atoms with van der Waals surface area (Å²) in [5.41, 5.74) is 2.73. The summed E-state index contributed by atoms with van der Waals surface area (Å²) < 4.78 is 13.9. The molecule has 4 nitrogen and oxygen atoms in total. The van der Waals surface area contributed by atoms with Crippen molar-refractivity contribution in [3.63, 3.8) is 0 Å². The van der Waals surface area contributed by atoms with Crippen LogP contribution in [0.5, 0.6) is 0 Å². The fourth-order valence-electron chi connectivity index (χ4n) is 3.66. The number of likely N-dealkylation sites (tertiary alicyclic amines) is 1. The van der Waals surface area contributed by atoms with Crippen molar-refractivity contribution in [3.05, 3.63) is 35.3 Å². The van der Waals surface area contributed by atoms with Gasteiger partial charge in [-0.05, 0) is 43.4 Å². The van der Waals surface area contributed by atoms with Gasteiger partial charge in [0.2, 0.25) is 0 Å². The molecule has 1 aliphatic rings. The van der Waals surface area contributed by atoms with Crippen LogP contribution < -0.4 is 5.32 Å². The van der Waals surface area contributed by atoms with E-state index in [0.29, 0.717) is 22.9 Å². The van der Waals surface area contributed by atoms with Crippen LogP contribution >= 0.6 is 0 Å². The number of rotatable bonds is 4. The van der Waals surface area contributed by atoms with Crippen LogP contribution in [-0.2, 0) is 0 Å². The molecule has 0 atom stereocenters. The zero-order valence-electron chi connectivity index (χ0n) is 15.1. The van der Waals surface area contributed by atoms with E-state index in [-0.39, 0.29) is 5.82 Å². The van der Waals surface area contributed by atoms with Crippen molar-refractivity contribution < 1.29 is 4.39 Å². The molecule has 1 aliphatic heterocycles. The van der Waals surface area contributed by atoms with Gasteiger partial charge in [0.1, 0.15) is 11.9 Å². The van der Waals surface area contributed by atoms with Gasteiger partial charge in [0, 0.05) is 37.3 Å². The van der Waals surface area contributed by atoms with Crippen molar-refractivity contribution in [2.45, 2.75) is 39.7 Å². The number of halogens is 1. The van der Waals surface area contributed by atoms with Crippen molar-refractivity contribution in [2.75, 3.05) is 25.0 Å². The van der Waals surface area contributed by atoms with Crippen LogP contribution in [0.4, 0.5) is 10.1 Å². The van der Waals surface area contributed by atoms with E-state index in [9.17, 15) is 9.65 Å². The van der Waals surface area contributed by atoms with Crippen molar-refractivity contribution >= 4 is 16.6 Å². The Morgan fingerprint density at radius 3 is 2.72 bits per heavy atom. The van der Waals surface area contributed by atoms with E-state index >= 15 is 0 Å². The summed E-state index contributed by atoms with van der Waals surface area (Å²) in [5, 5.41) is 13.7. The lowest BCUT2D eigenvalue weighted by Gasteiger charge is -2.34. The summed E-state index contributed by atoms with van der Waals surface area (Å²) in [6, 6.07) is 5.45. The van der Waals surface area contributed by atoms with Gasteiger partial charge in [-0.2, -0.15) is 5.26 Å². The minimum absolute atomic E-state index is 0.295. The van der Waals surface area contributed by atoms with Gasteiger partial charge in [0.05, 0.1) is 16.8 Å². The summed E-state index contributed by atoms with van der Waals surface area (Å²) in [4.78, 5) is 6.84. The number of nitriles is 1. The highest BCUT2D eigenvalue weighted by atomic mass is 19.1. The smallest absolute Gasteiger partial charge is 0.124 e. The van der Waals surface area contributed by atoms with Crippen LogP contribution in [0.1, 0.15) is 37.8 Å². The molecule has 2 aromatic rings. The van der Waals surface area contributed by atoms with E-state index in [1.165, 1.54) is 12.1 Å². The fraction of sp³-hybridized carbons (Fsp3) is 0.500. The lowest BCUT2D eigenvalue weighted by atomic mass is 10.0. The van der Waals surface area contributed by atoms with Gasteiger partial charge in [0.25, 0.3) is 0 Å². The fourth-order valence-corrected chi connectivity index (χ4v) is 3.66. The molecule has 1 fully saturated rings. The van der Waals surface area contributed by atoms with Crippen molar-refractivity contribution in [2.24, 2.45) is 5.92 Å². The van der Waals surface area contributed by atoms with E-state index < -0.39 is 0 Å². The van der Waals surface area contributed by atoms with Gasteiger partial charge in [-0.3, -0.25) is 4.98 Å². The Balaban J connectivity index is 1.85. The Kier molecular flexibility index (Phi) is 5.19. The number of piperidine rings is 1. The van der Waals surface area contributed by atoms with Crippen LogP contribution in [0.25, 0.3) is 10.9 Å². The highest BCUT2D eigenvalue weighted by Crippen LogP contribution is 2.30. The molecule has 1 aromatic carbocycles. The first-order chi connectivity index (χ1) is 12.0. The SMILES string of the molecule is Cc1cc(F)cc2c(NC3CCN(CC(C)C)CC3)c(C#N)cnc12. The molecule has 25 heavy (non-hydrogen) atoms. The largest absolute Gasteiger partial charge is 0.381 e. The number of nitrogens with one attached hydrogen (secondary N) is 1. The highest BCUT2D eigenvalue weighted by Gasteiger charge is 2.21. The number of anilines is 1. The van der Waals surface area contributed by atoms with Crippen LogP contribution in [0.2, 0.25) is 0 Å². The van der Waals surface area contributed by atoms with Crippen molar-refractivity contribution in [3.8, 4) is 6.07 Å². The lowest BCUT2D eigenvalue weighted by molar-refractivity contribution is 0.198. The van der Waals surface area contributed by atoms with E-state index in [2.05, 4.69) is 35.1 Å². The molecule has 1 N–H and O–H groups in total. The molecular formula is C20H25FN4. The lowest BCUT2D eigenvalue weighted by Crippen LogP contribution is -2.40. The third kappa shape index (κ3) is 3.91. The quantitative estimate of drug-likeness (QED) is 0.911. The van der Waals surface area contributed by atoms with Gasteiger partial charge >= 0.3 is 0 Å². The molecule has 132 valence electrons. The van der Waals surface area contributed by atoms with E-state index in [1.807, 2.05) is 6.92 Å². The molecule has 0 spiro atoms. The third-order valence-corrected chi connectivity index (χ3v) is 4.81. The van der Waals surface area contributed by atoms with E-state index in [4.69, 9.17) is 0 Å². The van der Waals surface area contributed by atoms with Gasteiger partial charge in [-0.1, -0.05) is 13.8 Å². The molecule has 0 radical (unpaired) electrons. The summed E-state index contributed by atoms with van der Waals surface area (Å²) in [5.74, 6) is 0.376. The summed E-state index contributed by atoms with van der Waals surface area (Å²) in [7, 11) is 0. The second-order valence-corrected chi connectivity index (χ2v) is 7.39. The Bertz CT molecular complexity index is 801. The maximum absolute atomic E-state index is 13.9. The Morgan fingerprint density at radius 2 is 2.08 bits per heavy atom. The van der Waals surface area contributed by atoms with Crippen LogP contribution in [0.3, 0.4) is 0 Å². The highest BCUT2D eigenvalue weighted by molar-refractivity contribution is 5.95. The van der Waals surface area contributed by atoms with E-state index in [0.717, 1.165) is 49.2 Å². The second kappa shape index (κ2) is 7.37. The molecule has 3 rings (SSSR count). The van der Waals surface area contributed by atoms with Gasteiger partial charge in [0.15, 0.2) is 0 Å². The number of aryl methyl sites for hydroxylation is 1. The maximum Gasteiger partial charge on any atom is 0.124 e. The predicted molar refractivity (Wildman–Crippen MR) is 99.1 cm³/mol. The summed E-state index contributed by atoms with van der Waals surface area (Å²) in [6.45, 7) is 9.55. The zero-order valence-corrected chi connectivity index (χ0v) is 15.1. The van der Waals surface area contributed by atoms with Crippen LogP contribution in [-0.4, -0.2) is 35.6 Å². The van der Waals surface area contributed by atoms with Crippen LogP contribution in [0, 0.1) is 30.0 Å². The van der Waals surface area contributed by atoms with Gasteiger partial charge in [-0.25, -0.2) is 4.39 Å². The molecule has 0 amide bonds. The van der Waals surface area contributed by atoms with E-state index in [1.54, 1.807) is 6.20 Å². The van der Waals surface area contributed by atoms with Crippen molar-refractivity contribution in [1.29, 1.82) is 5.26 Å². The average molecular weight is 340 g/mol. The minimum Gasteiger partial charge on any atom is -0.381 e. The number of pyridine rings is 1. The molecule has 0 bridgehead atoms. The molecule has 2 heterocycles. The first-order valence-electron chi connectivity index (χ1n) is 8.95. The minimum atomic E-state index is -0.295. The molecule has 0 aliphatic carbocycles. The summed E-state index contributed by atoms with van der Waals surface area (Å²) in [6.07, 6.45) is 3.63. The molecule has 1 saturated heterocycles. The number of aromatic nitrogens is 1.